The van der Waals surface area contributed by atoms with Crippen molar-refractivity contribution in [2.24, 2.45) is 5.41 Å². The number of ether oxygens (including phenoxy) is 1. The Labute approximate surface area is 174 Å². The molecule has 0 unspecified atom stereocenters. The fourth-order valence-electron chi connectivity index (χ4n) is 4.82. The van der Waals surface area contributed by atoms with Gasteiger partial charge in [0.05, 0.1) is 12.5 Å². The SMILES string of the molecule is COc1ccc(CN2CCC3(CCN(CCCc4ccccc4)CC3)C2=O)cc1. The summed E-state index contributed by atoms with van der Waals surface area (Å²) >= 11 is 0. The molecule has 2 aliphatic rings. The predicted octanol–water partition coefficient (Wildman–Crippen LogP) is 4.14. The first-order valence-corrected chi connectivity index (χ1v) is 10.9. The van der Waals surface area contributed by atoms with Crippen molar-refractivity contribution in [1.82, 2.24) is 9.80 Å². The molecule has 2 heterocycles. The lowest BCUT2D eigenvalue weighted by molar-refractivity contribution is -0.138. The molecule has 4 heteroatoms. The average molecular weight is 393 g/mol. The number of piperidine rings is 1. The normalized spacial score (nSPS) is 19.1. The number of carbonyl (C=O) groups is 1. The highest BCUT2D eigenvalue weighted by atomic mass is 16.5. The Kier molecular flexibility index (Phi) is 6.19. The van der Waals surface area contributed by atoms with Gasteiger partial charge in [0.1, 0.15) is 5.75 Å². The lowest BCUT2D eigenvalue weighted by Crippen LogP contribution is -2.44. The molecule has 2 fully saturated rings. The minimum Gasteiger partial charge on any atom is -0.497 e. The molecule has 2 aromatic carbocycles. The van der Waals surface area contributed by atoms with Crippen LogP contribution in [0.1, 0.15) is 36.8 Å². The molecule has 0 aromatic heterocycles. The van der Waals surface area contributed by atoms with Crippen molar-refractivity contribution in [3.05, 3.63) is 65.7 Å². The monoisotopic (exact) mass is 392 g/mol. The molecule has 0 saturated carbocycles. The topological polar surface area (TPSA) is 32.8 Å². The first kappa shape index (κ1) is 20.0. The van der Waals surface area contributed by atoms with Crippen molar-refractivity contribution in [1.29, 1.82) is 0 Å². The van der Waals surface area contributed by atoms with E-state index in [9.17, 15) is 4.79 Å². The number of amides is 1. The maximum atomic E-state index is 13.2. The summed E-state index contributed by atoms with van der Waals surface area (Å²) < 4.78 is 5.23. The molecule has 2 aromatic rings. The third-order valence-corrected chi connectivity index (χ3v) is 6.73. The van der Waals surface area contributed by atoms with E-state index in [0.29, 0.717) is 12.5 Å². The number of carbonyl (C=O) groups excluding carboxylic acids is 1. The molecule has 0 radical (unpaired) electrons. The molecule has 1 spiro atoms. The molecule has 2 saturated heterocycles. The summed E-state index contributed by atoms with van der Waals surface area (Å²) in [4.78, 5) is 17.8. The van der Waals surface area contributed by atoms with Crippen LogP contribution in [0.4, 0.5) is 0 Å². The van der Waals surface area contributed by atoms with Gasteiger partial charge >= 0.3 is 0 Å². The van der Waals surface area contributed by atoms with Gasteiger partial charge in [0.2, 0.25) is 5.91 Å². The van der Waals surface area contributed by atoms with Gasteiger partial charge in [-0.05, 0) is 75.0 Å². The average Bonchev–Trinajstić information content (AvgIpc) is 3.06. The standard InChI is InChI=1S/C25H32N2O2/c1-29-23-11-9-22(10-12-23)20-27-19-15-25(24(27)28)13-17-26(18-14-25)16-5-8-21-6-3-2-4-7-21/h2-4,6-7,9-12H,5,8,13-20H2,1H3. The number of nitrogens with zero attached hydrogens (tertiary/aromatic N) is 2. The number of rotatable bonds is 7. The van der Waals surface area contributed by atoms with Gasteiger partial charge < -0.3 is 14.5 Å². The van der Waals surface area contributed by atoms with Crippen LogP contribution in [0.15, 0.2) is 54.6 Å². The third kappa shape index (κ3) is 4.64. The molecule has 0 atom stereocenters. The van der Waals surface area contributed by atoms with Crippen LogP contribution in [0.3, 0.4) is 0 Å². The van der Waals surface area contributed by atoms with Crippen molar-refractivity contribution in [2.75, 3.05) is 33.3 Å². The zero-order valence-corrected chi connectivity index (χ0v) is 17.5. The number of hydrogen-bond donors (Lipinski definition) is 0. The molecule has 0 N–H and O–H groups in total. The van der Waals surface area contributed by atoms with E-state index in [1.165, 1.54) is 17.5 Å². The molecule has 29 heavy (non-hydrogen) atoms. The number of benzene rings is 2. The molecule has 0 bridgehead atoms. The van der Waals surface area contributed by atoms with Crippen molar-refractivity contribution >= 4 is 5.91 Å². The Morgan fingerprint density at radius 1 is 0.897 bits per heavy atom. The number of methoxy groups -OCH3 is 1. The molecule has 1 amide bonds. The summed E-state index contributed by atoms with van der Waals surface area (Å²) in [5.74, 6) is 1.23. The van der Waals surface area contributed by atoms with Crippen LogP contribution in [-0.4, -0.2) is 49.0 Å². The highest BCUT2D eigenvalue weighted by Gasteiger charge is 2.47. The Balaban J connectivity index is 1.25. The molecule has 4 nitrogen and oxygen atoms in total. The van der Waals surface area contributed by atoms with Gasteiger partial charge in [-0.25, -0.2) is 0 Å². The van der Waals surface area contributed by atoms with Gasteiger partial charge in [-0.1, -0.05) is 42.5 Å². The van der Waals surface area contributed by atoms with Gasteiger partial charge in [0.15, 0.2) is 0 Å². The highest BCUT2D eigenvalue weighted by Crippen LogP contribution is 2.42. The van der Waals surface area contributed by atoms with Gasteiger partial charge in [-0.15, -0.1) is 0 Å². The maximum Gasteiger partial charge on any atom is 0.229 e. The molecular formula is C25H32N2O2. The molecule has 0 aliphatic carbocycles. The Bertz CT molecular complexity index is 795. The lowest BCUT2D eigenvalue weighted by Gasteiger charge is -2.38. The minimum atomic E-state index is -0.109. The third-order valence-electron chi connectivity index (χ3n) is 6.73. The van der Waals surface area contributed by atoms with Crippen molar-refractivity contribution < 1.29 is 9.53 Å². The van der Waals surface area contributed by atoms with Crippen LogP contribution in [0.2, 0.25) is 0 Å². The minimum absolute atomic E-state index is 0.109. The zero-order valence-electron chi connectivity index (χ0n) is 17.5. The van der Waals surface area contributed by atoms with E-state index < -0.39 is 0 Å². The summed E-state index contributed by atoms with van der Waals surface area (Å²) in [7, 11) is 1.68. The highest BCUT2D eigenvalue weighted by molar-refractivity contribution is 5.85. The van der Waals surface area contributed by atoms with E-state index in [4.69, 9.17) is 4.74 Å². The fourth-order valence-corrected chi connectivity index (χ4v) is 4.82. The van der Waals surface area contributed by atoms with Crippen LogP contribution < -0.4 is 4.74 Å². The van der Waals surface area contributed by atoms with Crippen molar-refractivity contribution in [3.63, 3.8) is 0 Å². The number of hydrogen-bond acceptors (Lipinski definition) is 3. The summed E-state index contributed by atoms with van der Waals surface area (Å²) in [5.41, 5.74) is 2.48. The van der Waals surface area contributed by atoms with Gasteiger partial charge in [-0.2, -0.15) is 0 Å². The first-order chi connectivity index (χ1) is 14.2. The van der Waals surface area contributed by atoms with Crippen LogP contribution in [0.25, 0.3) is 0 Å². The summed E-state index contributed by atoms with van der Waals surface area (Å²) in [6.07, 6.45) is 5.36. The molecular weight excluding hydrogens is 360 g/mol. The number of aryl methyl sites for hydroxylation is 1. The second kappa shape index (κ2) is 9.00. The van der Waals surface area contributed by atoms with Gasteiger partial charge in [-0.3, -0.25) is 4.79 Å². The van der Waals surface area contributed by atoms with Gasteiger partial charge in [0, 0.05) is 13.1 Å². The fraction of sp³-hybridized carbons (Fsp3) is 0.480. The van der Waals surface area contributed by atoms with Crippen LogP contribution >= 0.6 is 0 Å². The largest absolute Gasteiger partial charge is 0.497 e. The van der Waals surface area contributed by atoms with Crippen LogP contribution in [0, 0.1) is 5.41 Å². The maximum absolute atomic E-state index is 13.2. The second-order valence-electron chi connectivity index (χ2n) is 8.54. The van der Waals surface area contributed by atoms with E-state index in [-0.39, 0.29) is 5.41 Å². The lowest BCUT2D eigenvalue weighted by atomic mass is 9.77. The summed E-state index contributed by atoms with van der Waals surface area (Å²) in [6, 6.07) is 18.8. The second-order valence-corrected chi connectivity index (χ2v) is 8.54. The Morgan fingerprint density at radius 3 is 2.28 bits per heavy atom. The number of likely N-dealkylation sites (tertiary alicyclic amines) is 2. The summed E-state index contributed by atoms with van der Waals surface area (Å²) in [6.45, 7) is 4.84. The smallest absolute Gasteiger partial charge is 0.229 e. The van der Waals surface area contributed by atoms with E-state index in [2.05, 4.69) is 52.3 Å². The zero-order chi connectivity index (χ0) is 20.1. The summed E-state index contributed by atoms with van der Waals surface area (Å²) in [5, 5.41) is 0. The molecule has 4 rings (SSSR count). The van der Waals surface area contributed by atoms with Crippen molar-refractivity contribution in [3.8, 4) is 5.75 Å². The van der Waals surface area contributed by atoms with E-state index in [1.54, 1.807) is 7.11 Å². The Hall–Kier alpha value is -2.33. The van der Waals surface area contributed by atoms with Gasteiger partial charge in [0.25, 0.3) is 0 Å². The Morgan fingerprint density at radius 2 is 1.59 bits per heavy atom. The molecule has 154 valence electrons. The van der Waals surface area contributed by atoms with E-state index in [1.807, 2.05) is 12.1 Å². The molecule has 2 aliphatic heterocycles. The van der Waals surface area contributed by atoms with Crippen molar-refractivity contribution in [2.45, 2.75) is 38.6 Å². The predicted molar refractivity (Wildman–Crippen MR) is 116 cm³/mol. The van der Waals surface area contributed by atoms with Crippen LogP contribution in [0.5, 0.6) is 5.75 Å². The van der Waals surface area contributed by atoms with E-state index >= 15 is 0 Å². The quantitative estimate of drug-likeness (QED) is 0.710. The van der Waals surface area contributed by atoms with E-state index in [0.717, 1.165) is 57.6 Å². The first-order valence-electron chi connectivity index (χ1n) is 10.9. The van der Waals surface area contributed by atoms with Crippen LogP contribution in [-0.2, 0) is 17.8 Å².